The minimum atomic E-state index is 0.941. The van der Waals surface area contributed by atoms with Crippen LogP contribution in [-0.2, 0) is 0 Å². The summed E-state index contributed by atoms with van der Waals surface area (Å²) in [5.41, 5.74) is 0. The molecule has 0 N–H and O–H groups in total. The lowest BCUT2D eigenvalue weighted by Gasteiger charge is -2.39. The third-order valence-corrected chi connectivity index (χ3v) is 4.90. The molecule has 2 heteroatoms. The maximum Gasteiger partial charge on any atom is 0.0113 e. The van der Waals surface area contributed by atoms with Crippen molar-refractivity contribution in [3.63, 3.8) is 0 Å². The second-order valence-corrected chi connectivity index (χ2v) is 6.01. The number of hydrogen-bond acceptors (Lipinski definition) is 2. The summed E-state index contributed by atoms with van der Waals surface area (Å²) in [6.07, 6.45) is 7.65. The van der Waals surface area contributed by atoms with Gasteiger partial charge in [0.2, 0.25) is 0 Å². The van der Waals surface area contributed by atoms with E-state index in [1.807, 2.05) is 0 Å². The summed E-state index contributed by atoms with van der Waals surface area (Å²) < 4.78 is 0. The quantitative estimate of drug-likeness (QED) is 0.648. The molecule has 1 saturated heterocycles. The second kappa shape index (κ2) is 4.06. The molecule has 1 unspecified atom stereocenters. The molecule has 0 aromatic carbocycles. The van der Waals surface area contributed by atoms with Crippen LogP contribution in [0.15, 0.2) is 0 Å². The first kappa shape index (κ1) is 10.1. The zero-order chi connectivity index (χ0) is 10.3. The van der Waals surface area contributed by atoms with E-state index >= 15 is 0 Å². The van der Waals surface area contributed by atoms with E-state index in [1.54, 1.807) is 12.8 Å². The van der Waals surface area contributed by atoms with Crippen LogP contribution < -0.4 is 0 Å². The Bertz CT molecular complexity index is 215. The molecule has 1 aliphatic heterocycles. The lowest BCUT2D eigenvalue weighted by Crippen LogP contribution is -2.49. The third-order valence-electron chi connectivity index (χ3n) is 4.90. The maximum atomic E-state index is 2.78. The first-order valence-electron chi connectivity index (χ1n) is 6.74. The SMILES string of the molecule is CN1CCN(C2CCC3CC(C3)C2)CC1. The number of likely N-dealkylation sites (N-methyl/N-ethyl adjacent to an activating group) is 1. The molecule has 1 heterocycles. The molecule has 2 bridgehead atoms. The third kappa shape index (κ3) is 2.07. The fourth-order valence-corrected chi connectivity index (χ4v) is 3.75. The fourth-order valence-electron chi connectivity index (χ4n) is 3.75. The van der Waals surface area contributed by atoms with Gasteiger partial charge in [-0.25, -0.2) is 0 Å². The molecule has 0 aromatic rings. The zero-order valence-corrected chi connectivity index (χ0v) is 9.99. The first-order valence-corrected chi connectivity index (χ1v) is 6.74. The van der Waals surface area contributed by atoms with Crippen molar-refractivity contribution >= 4 is 0 Å². The Kier molecular flexibility index (Phi) is 2.73. The summed E-state index contributed by atoms with van der Waals surface area (Å²) in [5, 5.41) is 0. The first-order chi connectivity index (χ1) is 7.31. The van der Waals surface area contributed by atoms with Gasteiger partial charge in [0.15, 0.2) is 0 Å². The van der Waals surface area contributed by atoms with E-state index in [1.165, 1.54) is 45.4 Å². The Balaban J connectivity index is 1.57. The molecule has 4 aliphatic rings. The molecule has 4 rings (SSSR count). The maximum absolute atomic E-state index is 2.78. The molecule has 86 valence electrons. The van der Waals surface area contributed by atoms with Crippen molar-refractivity contribution in [2.24, 2.45) is 11.8 Å². The van der Waals surface area contributed by atoms with Crippen LogP contribution in [0.2, 0.25) is 0 Å². The van der Waals surface area contributed by atoms with Crippen LogP contribution in [0, 0.1) is 11.8 Å². The average molecular weight is 208 g/mol. The van der Waals surface area contributed by atoms with Gasteiger partial charge in [-0.15, -0.1) is 0 Å². The molecule has 15 heavy (non-hydrogen) atoms. The van der Waals surface area contributed by atoms with E-state index in [9.17, 15) is 0 Å². The van der Waals surface area contributed by atoms with Crippen LogP contribution in [0.5, 0.6) is 0 Å². The highest BCUT2D eigenvalue weighted by Crippen LogP contribution is 2.44. The van der Waals surface area contributed by atoms with Crippen LogP contribution in [0.3, 0.4) is 0 Å². The predicted octanol–water partition coefficient (Wildman–Crippen LogP) is 1.81. The lowest BCUT2D eigenvalue weighted by molar-refractivity contribution is 0.0942. The van der Waals surface area contributed by atoms with Crippen LogP contribution >= 0.6 is 0 Å². The highest BCUT2D eigenvalue weighted by molar-refractivity contribution is 4.90. The summed E-state index contributed by atoms with van der Waals surface area (Å²) in [6.45, 7) is 5.20. The number of nitrogens with zero attached hydrogens (tertiary/aromatic N) is 2. The molecular formula is C13H24N2. The van der Waals surface area contributed by atoms with E-state index in [0.29, 0.717) is 0 Å². The molecule has 3 saturated carbocycles. The van der Waals surface area contributed by atoms with Crippen LogP contribution in [0.1, 0.15) is 32.1 Å². The van der Waals surface area contributed by atoms with Gasteiger partial charge in [0.25, 0.3) is 0 Å². The Morgan fingerprint density at radius 2 is 1.53 bits per heavy atom. The standard InChI is InChI=1S/C13H24N2/c1-14-4-6-15(7-5-14)13-3-2-11-8-12(9-11)10-13/h11-13H,2-10H2,1H3. The molecule has 0 radical (unpaired) electrons. The number of rotatable bonds is 1. The minimum Gasteiger partial charge on any atom is -0.304 e. The molecule has 3 aliphatic carbocycles. The molecule has 0 aromatic heterocycles. The molecule has 0 amide bonds. The number of piperazine rings is 1. The van der Waals surface area contributed by atoms with Crippen molar-refractivity contribution in [2.45, 2.75) is 38.1 Å². The Morgan fingerprint density at radius 3 is 2.27 bits per heavy atom. The normalized spacial score (nSPS) is 43.4. The lowest BCUT2D eigenvalue weighted by atomic mass is 9.74. The number of hydrogen-bond donors (Lipinski definition) is 0. The largest absolute Gasteiger partial charge is 0.304 e. The monoisotopic (exact) mass is 208 g/mol. The Hall–Kier alpha value is -0.0800. The van der Waals surface area contributed by atoms with Crippen LogP contribution in [0.25, 0.3) is 0 Å². The average Bonchev–Trinajstić information content (AvgIpc) is 2.50. The van der Waals surface area contributed by atoms with Crippen molar-refractivity contribution in [1.82, 2.24) is 9.80 Å². The molecular weight excluding hydrogens is 184 g/mol. The Morgan fingerprint density at radius 1 is 0.800 bits per heavy atom. The van der Waals surface area contributed by atoms with Crippen molar-refractivity contribution in [1.29, 1.82) is 0 Å². The summed E-state index contributed by atoms with van der Waals surface area (Å²) in [5.74, 6) is 2.22. The zero-order valence-electron chi connectivity index (χ0n) is 9.99. The highest BCUT2D eigenvalue weighted by Gasteiger charge is 2.36. The van der Waals surface area contributed by atoms with Crippen molar-refractivity contribution in [3.05, 3.63) is 0 Å². The Labute approximate surface area is 93.6 Å². The van der Waals surface area contributed by atoms with E-state index in [0.717, 1.165) is 17.9 Å². The van der Waals surface area contributed by atoms with Crippen molar-refractivity contribution in [3.8, 4) is 0 Å². The predicted molar refractivity (Wildman–Crippen MR) is 62.9 cm³/mol. The number of fused-ring (bicyclic) bond motifs is 3. The minimum absolute atomic E-state index is 0.941. The van der Waals surface area contributed by atoms with Gasteiger partial charge in [-0.1, -0.05) is 0 Å². The van der Waals surface area contributed by atoms with Gasteiger partial charge in [0.1, 0.15) is 0 Å². The second-order valence-electron chi connectivity index (χ2n) is 6.01. The summed E-state index contributed by atoms with van der Waals surface area (Å²) in [4.78, 5) is 5.24. The fraction of sp³-hybridized carbons (Fsp3) is 1.00. The van der Waals surface area contributed by atoms with Crippen LogP contribution in [0.4, 0.5) is 0 Å². The highest BCUT2D eigenvalue weighted by atomic mass is 15.3. The molecule has 1 atom stereocenters. The van der Waals surface area contributed by atoms with Gasteiger partial charge in [-0.05, 0) is 51.0 Å². The smallest absolute Gasteiger partial charge is 0.0113 e. The van der Waals surface area contributed by atoms with Gasteiger partial charge >= 0.3 is 0 Å². The van der Waals surface area contributed by atoms with Gasteiger partial charge in [-0.3, -0.25) is 4.90 Å². The molecule has 0 spiro atoms. The van der Waals surface area contributed by atoms with Crippen LogP contribution in [-0.4, -0.2) is 49.1 Å². The van der Waals surface area contributed by atoms with E-state index in [4.69, 9.17) is 0 Å². The van der Waals surface area contributed by atoms with Gasteiger partial charge in [-0.2, -0.15) is 0 Å². The van der Waals surface area contributed by atoms with E-state index in [2.05, 4.69) is 16.8 Å². The summed E-state index contributed by atoms with van der Waals surface area (Å²) in [7, 11) is 2.25. The van der Waals surface area contributed by atoms with Gasteiger partial charge < -0.3 is 4.90 Å². The van der Waals surface area contributed by atoms with Crippen molar-refractivity contribution < 1.29 is 0 Å². The molecule has 4 fully saturated rings. The molecule has 2 nitrogen and oxygen atoms in total. The van der Waals surface area contributed by atoms with Crippen molar-refractivity contribution in [2.75, 3.05) is 33.2 Å². The topological polar surface area (TPSA) is 6.48 Å². The summed E-state index contributed by atoms with van der Waals surface area (Å²) >= 11 is 0. The van der Waals surface area contributed by atoms with E-state index < -0.39 is 0 Å². The van der Waals surface area contributed by atoms with Gasteiger partial charge in [0, 0.05) is 32.2 Å². The van der Waals surface area contributed by atoms with E-state index in [-0.39, 0.29) is 0 Å². The summed E-state index contributed by atoms with van der Waals surface area (Å²) in [6, 6.07) is 0.941. The van der Waals surface area contributed by atoms with Gasteiger partial charge in [0.05, 0.1) is 0 Å².